The summed E-state index contributed by atoms with van der Waals surface area (Å²) in [4.78, 5) is 11.7. The standard InChI is InChI=1S/C15H20ClNO2/c1-19-15(18)13-9-12(16)7-8-14(13)17-10-11-5-3-2-4-6-11/h7-9,11,17H,2-6,10H2,1H3. The number of nitrogens with one attached hydrogen (secondary N) is 1. The molecular weight excluding hydrogens is 262 g/mol. The summed E-state index contributed by atoms with van der Waals surface area (Å²) in [6, 6.07) is 5.28. The zero-order valence-electron chi connectivity index (χ0n) is 11.2. The van der Waals surface area contributed by atoms with Crippen molar-refractivity contribution in [2.24, 2.45) is 5.92 Å². The molecule has 0 bridgehead atoms. The number of ether oxygens (including phenoxy) is 1. The average molecular weight is 282 g/mol. The van der Waals surface area contributed by atoms with Crippen molar-refractivity contribution in [3.05, 3.63) is 28.8 Å². The van der Waals surface area contributed by atoms with Crippen LogP contribution in [0.5, 0.6) is 0 Å². The van der Waals surface area contributed by atoms with Gasteiger partial charge in [-0.1, -0.05) is 30.9 Å². The largest absolute Gasteiger partial charge is 0.465 e. The molecule has 1 aromatic rings. The van der Waals surface area contributed by atoms with Crippen molar-refractivity contribution in [2.75, 3.05) is 19.0 Å². The van der Waals surface area contributed by atoms with Gasteiger partial charge in [0.25, 0.3) is 0 Å². The van der Waals surface area contributed by atoms with E-state index >= 15 is 0 Å². The first-order valence-corrected chi connectivity index (χ1v) is 7.20. The number of esters is 1. The molecule has 0 heterocycles. The molecule has 0 radical (unpaired) electrons. The summed E-state index contributed by atoms with van der Waals surface area (Å²) >= 11 is 5.93. The molecule has 1 N–H and O–H groups in total. The fourth-order valence-corrected chi connectivity index (χ4v) is 2.77. The van der Waals surface area contributed by atoms with E-state index in [1.165, 1.54) is 39.2 Å². The van der Waals surface area contributed by atoms with E-state index < -0.39 is 0 Å². The lowest BCUT2D eigenvalue weighted by atomic mass is 9.89. The Kier molecular flexibility index (Phi) is 5.08. The lowest BCUT2D eigenvalue weighted by Crippen LogP contribution is -2.18. The van der Waals surface area contributed by atoms with Gasteiger partial charge in [0.2, 0.25) is 0 Å². The maximum absolute atomic E-state index is 11.7. The van der Waals surface area contributed by atoms with Crippen LogP contribution in [-0.4, -0.2) is 19.6 Å². The van der Waals surface area contributed by atoms with Crippen molar-refractivity contribution in [2.45, 2.75) is 32.1 Å². The summed E-state index contributed by atoms with van der Waals surface area (Å²) < 4.78 is 4.79. The van der Waals surface area contributed by atoms with Gasteiger partial charge in [0.1, 0.15) is 0 Å². The van der Waals surface area contributed by atoms with Gasteiger partial charge in [0.05, 0.1) is 12.7 Å². The Morgan fingerprint density at radius 2 is 2.11 bits per heavy atom. The third kappa shape index (κ3) is 3.87. The second-order valence-corrected chi connectivity index (χ2v) is 5.50. The molecule has 0 saturated heterocycles. The summed E-state index contributed by atoms with van der Waals surface area (Å²) in [5.41, 5.74) is 1.31. The van der Waals surface area contributed by atoms with Gasteiger partial charge < -0.3 is 10.1 Å². The maximum atomic E-state index is 11.7. The molecule has 1 fully saturated rings. The second-order valence-electron chi connectivity index (χ2n) is 5.07. The van der Waals surface area contributed by atoms with Crippen LogP contribution in [0.1, 0.15) is 42.5 Å². The highest BCUT2D eigenvalue weighted by molar-refractivity contribution is 6.31. The number of halogens is 1. The van der Waals surface area contributed by atoms with Crippen LogP contribution in [0.4, 0.5) is 5.69 Å². The number of hydrogen-bond donors (Lipinski definition) is 1. The molecule has 1 aliphatic rings. The summed E-state index contributed by atoms with van der Waals surface area (Å²) in [5, 5.41) is 3.91. The molecule has 0 aromatic heterocycles. The Hall–Kier alpha value is -1.22. The molecule has 1 aromatic carbocycles. The van der Waals surface area contributed by atoms with Gasteiger partial charge in [-0.2, -0.15) is 0 Å². The predicted molar refractivity (Wildman–Crippen MR) is 77.9 cm³/mol. The summed E-state index contributed by atoms with van der Waals surface area (Å²) in [6.45, 7) is 0.908. The van der Waals surface area contributed by atoms with Crippen molar-refractivity contribution < 1.29 is 9.53 Å². The molecule has 4 heteroatoms. The minimum atomic E-state index is -0.353. The summed E-state index contributed by atoms with van der Waals surface area (Å²) in [7, 11) is 1.38. The van der Waals surface area contributed by atoms with Crippen molar-refractivity contribution >= 4 is 23.3 Å². The fourth-order valence-electron chi connectivity index (χ4n) is 2.60. The van der Waals surface area contributed by atoms with Crippen LogP contribution >= 0.6 is 11.6 Å². The van der Waals surface area contributed by atoms with Gasteiger partial charge in [-0.25, -0.2) is 4.79 Å². The Balaban J connectivity index is 2.04. The monoisotopic (exact) mass is 281 g/mol. The predicted octanol–water partition coefficient (Wildman–Crippen LogP) is 4.12. The fraction of sp³-hybridized carbons (Fsp3) is 0.533. The minimum absolute atomic E-state index is 0.353. The summed E-state index contributed by atoms with van der Waals surface area (Å²) in [6.07, 6.45) is 6.53. The normalized spacial score (nSPS) is 16.1. The molecule has 0 aliphatic heterocycles. The van der Waals surface area contributed by atoms with Crippen LogP contribution in [-0.2, 0) is 4.74 Å². The van der Waals surface area contributed by atoms with E-state index in [4.69, 9.17) is 16.3 Å². The number of anilines is 1. The van der Waals surface area contributed by atoms with Gasteiger partial charge in [0.15, 0.2) is 0 Å². The first-order chi connectivity index (χ1) is 9.20. The molecule has 19 heavy (non-hydrogen) atoms. The van der Waals surface area contributed by atoms with Crippen molar-refractivity contribution in [1.82, 2.24) is 0 Å². The third-order valence-corrected chi connectivity index (χ3v) is 3.93. The van der Waals surface area contributed by atoms with E-state index in [2.05, 4.69) is 5.32 Å². The number of carbonyl (C=O) groups is 1. The van der Waals surface area contributed by atoms with Gasteiger partial charge >= 0.3 is 5.97 Å². The zero-order chi connectivity index (χ0) is 13.7. The van der Waals surface area contributed by atoms with Gasteiger partial charge in [-0.15, -0.1) is 0 Å². The topological polar surface area (TPSA) is 38.3 Å². The van der Waals surface area contributed by atoms with Crippen LogP contribution in [0.2, 0.25) is 5.02 Å². The van der Waals surface area contributed by atoms with E-state index in [1.807, 2.05) is 6.07 Å². The molecule has 1 aliphatic carbocycles. The Morgan fingerprint density at radius 3 is 2.79 bits per heavy atom. The lowest BCUT2D eigenvalue weighted by Gasteiger charge is -2.22. The van der Waals surface area contributed by atoms with Crippen LogP contribution in [0, 0.1) is 5.92 Å². The van der Waals surface area contributed by atoms with Crippen LogP contribution in [0.15, 0.2) is 18.2 Å². The average Bonchev–Trinajstić information content (AvgIpc) is 2.46. The van der Waals surface area contributed by atoms with Crippen LogP contribution < -0.4 is 5.32 Å². The third-order valence-electron chi connectivity index (χ3n) is 3.69. The molecule has 3 nitrogen and oxygen atoms in total. The first-order valence-electron chi connectivity index (χ1n) is 6.82. The Bertz CT molecular complexity index is 442. The summed E-state index contributed by atoms with van der Waals surface area (Å²) in [5.74, 6) is 0.351. The molecule has 0 atom stereocenters. The molecule has 0 unspecified atom stereocenters. The molecule has 2 rings (SSSR count). The number of hydrogen-bond acceptors (Lipinski definition) is 3. The number of methoxy groups -OCH3 is 1. The molecular formula is C15H20ClNO2. The van der Waals surface area contributed by atoms with Crippen molar-refractivity contribution in [1.29, 1.82) is 0 Å². The SMILES string of the molecule is COC(=O)c1cc(Cl)ccc1NCC1CCCCC1. The highest BCUT2D eigenvalue weighted by Gasteiger charge is 2.16. The van der Waals surface area contributed by atoms with Gasteiger partial charge in [-0.05, 0) is 37.0 Å². The smallest absolute Gasteiger partial charge is 0.340 e. The quantitative estimate of drug-likeness (QED) is 0.844. The zero-order valence-corrected chi connectivity index (χ0v) is 12.0. The highest BCUT2D eigenvalue weighted by Crippen LogP contribution is 2.26. The first kappa shape index (κ1) is 14.2. The van der Waals surface area contributed by atoms with E-state index in [9.17, 15) is 4.79 Å². The minimum Gasteiger partial charge on any atom is -0.465 e. The van der Waals surface area contributed by atoms with E-state index in [0.717, 1.165) is 12.2 Å². The van der Waals surface area contributed by atoms with Gasteiger partial charge in [0, 0.05) is 17.3 Å². The molecule has 1 saturated carbocycles. The number of benzene rings is 1. The van der Waals surface area contributed by atoms with Gasteiger partial charge in [-0.3, -0.25) is 0 Å². The number of carbonyl (C=O) groups excluding carboxylic acids is 1. The van der Waals surface area contributed by atoms with Crippen LogP contribution in [0.3, 0.4) is 0 Å². The van der Waals surface area contributed by atoms with Crippen LogP contribution in [0.25, 0.3) is 0 Å². The Morgan fingerprint density at radius 1 is 1.37 bits per heavy atom. The van der Waals surface area contributed by atoms with E-state index in [-0.39, 0.29) is 5.97 Å². The number of rotatable bonds is 4. The molecule has 104 valence electrons. The molecule has 0 amide bonds. The Labute approximate surface area is 119 Å². The van der Waals surface area contributed by atoms with E-state index in [1.54, 1.807) is 12.1 Å². The lowest BCUT2D eigenvalue weighted by molar-refractivity contribution is 0.0602. The van der Waals surface area contributed by atoms with Crippen molar-refractivity contribution in [3.63, 3.8) is 0 Å². The maximum Gasteiger partial charge on any atom is 0.340 e. The highest BCUT2D eigenvalue weighted by atomic mass is 35.5. The van der Waals surface area contributed by atoms with Crippen molar-refractivity contribution in [3.8, 4) is 0 Å². The molecule has 0 spiro atoms. The van der Waals surface area contributed by atoms with E-state index in [0.29, 0.717) is 16.5 Å². The second kappa shape index (κ2) is 6.80.